The summed E-state index contributed by atoms with van der Waals surface area (Å²) in [6, 6.07) is 65.4. The molecule has 0 amide bonds. The number of para-hydroxylation sites is 1. The maximum absolute atomic E-state index is 10.9. The highest BCUT2D eigenvalue weighted by molar-refractivity contribution is 6.11. The van der Waals surface area contributed by atoms with Gasteiger partial charge in [0.05, 0.1) is 51.1 Å². The Labute approximate surface area is 375 Å². The van der Waals surface area contributed by atoms with E-state index in [1.54, 1.807) is 0 Å². The van der Waals surface area contributed by atoms with Gasteiger partial charge in [0.25, 0.3) is 0 Å². The van der Waals surface area contributed by atoms with Crippen molar-refractivity contribution >= 4 is 21.8 Å². The van der Waals surface area contributed by atoms with Crippen LogP contribution in [0.5, 0.6) is 0 Å². The van der Waals surface area contributed by atoms with Crippen LogP contribution in [0.4, 0.5) is 0 Å². The van der Waals surface area contributed by atoms with E-state index in [2.05, 4.69) is 46.0 Å². The molecule has 0 saturated carbocycles. The van der Waals surface area contributed by atoms with Crippen LogP contribution >= 0.6 is 0 Å². The molecule has 0 saturated heterocycles. The number of hydrogen-bond acceptors (Lipinski definition) is 8. The molecule has 0 aliphatic heterocycles. The fourth-order valence-electron chi connectivity index (χ4n) is 8.54. The van der Waals surface area contributed by atoms with Crippen LogP contribution < -0.4 is 0 Å². The van der Waals surface area contributed by atoms with E-state index in [1.807, 2.05) is 172 Å². The molecule has 0 aliphatic rings. The lowest BCUT2D eigenvalue weighted by molar-refractivity contribution is 0.929. The summed E-state index contributed by atoms with van der Waals surface area (Å²) in [6.07, 6.45) is 0. The number of aromatic nitrogens is 8. The fraction of sp³-hybridized carbons (Fsp3) is 0.0357. The van der Waals surface area contributed by atoms with E-state index < -0.39 is 0 Å². The maximum Gasteiger partial charge on any atom is 0.163 e. The molecule has 9 heteroatoms. The molecule has 4 heterocycles. The third-order valence-electron chi connectivity index (χ3n) is 11.5. The molecule has 0 fully saturated rings. The first kappa shape index (κ1) is 38.9. The van der Waals surface area contributed by atoms with Crippen molar-refractivity contribution in [2.75, 3.05) is 0 Å². The van der Waals surface area contributed by atoms with Gasteiger partial charge in [0, 0.05) is 49.7 Å². The number of benzene rings is 7. The van der Waals surface area contributed by atoms with Crippen molar-refractivity contribution in [2.45, 2.75) is 13.8 Å². The SMILES string of the molecule is Cc1nc(C)nc(-c2ccc3c(c2)c2ccccc2n3-c2c(-c3nc(-c4ccccc4)cc(-c4ccccc4)n3)cc(C#N)cc2-c2nc(-c3ccccc3)cc(-c3ccccc3)n2)n1. The molecule has 0 unspecified atom stereocenters. The van der Waals surface area contributed by atoms with Crippen LogP contribution in [-0.2, 0) is 0 Å². The Kier molecular flexibility index (Phi) is 9.79. The van der Waals surface area contributed by atoms with Crippen LogP contribution in [0.15, 0.2) is 188 Å². The third kappa shape index (κ3) is 7.35. The standard InChI is InChI=1S/C56H37N9/c1-35-58-36(2)60-54(59-35)42-27-28-52-44(31-42)43-25-15-16-26-51(43)65(52)53-45(55-61-47(38-17-7-3-8-18-38)32-48(62-55)39-19-9-4-10-20-39)29-37(34-57)30-46(53)56-63-49(40-21-11-5-12-22-40)33-50(64-56)41-23-13-6-14-24-41/h3-33H,1-2H3. The van der Waals surface area contributed by atoms with Gasteiger partial charge in [-0.05, 0) is 62.4 Å². The van der Waals surface area contributed by atoms with Crippen LogP contribution in [0, 0.1) is 25.2 Å². The molecule has 306 valence electrons. The zero-order valence-corrected chi connectivity index (χ0v) is 35.4. The van der Waals surface area contributed by atoms with Crippen molar-refractivity contribution in [1.29, 1.82) is 5.26 Å². The van der Waals surface area contributed by atoms with E-state index in [-0.39, 0.29) is 0 Å². The monoisotopic (exact) mass is 835 g/mol. The predicted octanol–water partition coefficient (Wildman–Crippen LogP) is 12.7. The molecule has 11 rings (SSSR count). The van der Waals surface area contributed by atoms with Crippen molar-refractivity contribution in [3.8, 4) is 90.9 Å². The number of aryl methyl sites for hydroxylation is 2. The van der Waals surface area contributed by atoms with Gasteiger partial charge in [-0.2, -0.15) is 5.26 Å². The average Bonchev–Trinajstić information content (AvgIpc) is 3.69. The molecule has 0 atom stereocenters. The second-order valence-corrected chi connectivity index (χ2v) is 15.8. The summed E-state index contributed by atoms with van der Waals surface area (Å²) < 4.78 is 2.24. The van der Waals surface area contributed by atoms with Gasteiger partial charge >= 0.3 is 0 Å². The van der Waals surface area contributed by atoms with Crippen molar-refractivity contribution in [2.24, 2.45) is 0 Å². The zero-order chi connectivity index (χ0) is 43.9. The molecule has 4 aromatic heterocycles. The van der Waals surface area contributed by atoms with Crippen molar-refractivity contribution in [1.82, 2.24) is 39.5 Å². The minimum Gasteiger partial charge on any atom is -0.308 e. The summed E-state index contributed by atoms with van der Waals surface area (Å²) in [7, 11) is 0. The zero-order valence-electron chi connectivity index (χ0n) is 35.4. The minimum atomic E-state index is 0.410. The first-order valence-corrected chi connectivity index (χ1v) is 21.3. The van der Waals surface area contributed by atoms with E-state index >= 15 is 0 Å². The Hall–Kier alpha value is -9.00. The number of nitrogens with zero attached hydrogens (tertiary/aromatic N) is 9. The largest absolute Gasteiger partial charge is 0.308 e. The van der Waals surface area contributed by atoms with Crippen molar-refractivity contribution < 1.29 is 0 Å². The molecule has 9 nitrogen and oxygen atoms in total. The number of fused-ring (bicyclic) bond motifs is 3. The highest BCUT2D eigenvalue weighted by Crippen LogP contribution is 2.43. The molecule has 7 aromatic carbocycles. The molecule has 0 radical (unpaired) electrons. The highest BCUT2D eigenvalue weighted by atomic mass is 15.0. The molecular weight excluding hydrogens is 799 g/mol. The Bertz CT molecular complexity index is 3340. The predicted molar refractivity (Wildman–Crippen MR) is 258 cm³/mol. The summed E-state index contributed by atoms with van der Waals surface area (Å²) in [5.41, 5.74) is 11.8. The summed E-state index contributed by atoms with van der Waals surface area (Å²) in [6.45, 7) is 3.76. The van der Waals surface area contributed by atoms with E-state index in [4.69, 9.17) is 29.9 Å². The molecule has 0 N–H and O–H groups in total. The molecule has 11 aromatic rings. The average molecular weight is 836 g/mol. The Morgan fingerprint density at radius 3 is 1.23 bits per heavy atom. The van der Waals surface area contributed by atoms with E-state index in [9.17, 15) is 5.26 Å². The smallest absolute Gasteiger partial charge is 0.163 e. The summed E-state index contributed by atoms with van der Waals surface area (Å²) in [5, 5.41) is 12.9. The normalized spacial score (nSPS) is 11.2. The lowest BCUT2D eigenvalue weighted by Gasteiger charge is -2.20. The molecule has 0 aliphatic carbocycles. The fourth-order valence-corrected chi connectivity index (χ4v) is 8.54. The molecule has 0 bridgehead atoms. The maximum atomic E-state index is 10.9. The van der Waals surface area contributed by atoms with Crippen LogP contribution in [-0.4, -0.2) is 39.5 Å². The van der Waals surface area contributed by atoms with E-state index in [0.717, 1.165) is 78.1 Å². The van der Waals surface area contributed by atoms with Gasteiger partial charge in [-0.25, -0.2) is 34.9 Å². The van der Waals surface area contributed by atoms with Gasteiger partial charge in [-0.3, -0.25) is 0 Å². The lowest BCUT2D eigenvalue weighted by Crippen LogP contribution is -2.06. The van der Waals surface area contributed by atoms with Crippen LogP contribution in [0.3, 0.4) is 0 Å². The number of nitriles is 1. The first-order chi connectivity index (χ1) is 32.0. The molecular formula is C56H37N9. The van der Waals surface area contributed by atoms with Crippen LogP contribution in [0.2, 0.25) is 0 Å². The first-order valence-electron chi connectivity index (χ1n) is 21.3. The van der Waals surface area contributed by atoms with Gasteiger partial charge in [0.1, 0.15) is 11.6 Å². The molecule has 65 heavy (non-hydrogen) atoms. The lowest BCUT2D eigenvalue weighted by atomic mass is 9.99. The Balaban J connectivity index is 1.28. The summed E-state index contributed by atoms with van der Waals surface area (Å²) >= 11 is 0. The van der Waals surface area contributed by atoms with Crippen molar-refractivity contribution in [3.05, 3.63) is 205 Å². The van der Waals surface area contributed by atoms with Crippen LogP contribution in [0.1, 0.15) is 17.2 Å². The van der Waals surface area contributed by atoms with Gasteiger partial charge < -0.3 is 4.57 Å². The quantitative estimate of drug-likeness (QED) is 0.148. The summed E-state index contributed by atoms with van der Waals surface area (Å²) in [4.78, 5) is 35.3. The van der Waals surface area contributed by atoms with E-state index in [0.29, 0.717) is 45.8 Å². The van der Waals surface area contributed by atoms with E-state index in [1.165, 1.54) is 0 Å². The second-order valence-electron chi connectivity index (χ2n) is 15.8. The minimum absolute atomic E-state index is 0.410. The Morgan fingerprint density at radius 1 is 0.369 bits per heavy atom. The number of hydrogen-bond donors (Lipinski definition) is 0. The van der Waals surface area contributed by atoms with Crippen molar-refractivity contribution in [3.63, 3.8) is 0 Å². The topological polar surface area (TPSA) is 119 Å². The van der Waals surface area contributed by atoms with Gasteiger partial charge in [-0.15, -0.1) is 0 Å². The Morgan fingerprint density at radius 2 is 0.785 bits per heavy atom. The van der Waals surface area contributed by atoms with Gasteiger partial charge in [0.15, 0.2) is 17.5 Å². The van der Waals surface area contributed by atoms with Gasteiger partial charge in [0.2, 0.25) is 0 Å². The third-order valence-corrected chi connectivity index (χ3v) is 11.5. The molecule has 0 spiro atoms. The van der Waals surface area contributed by atoms with Crippen LogP contribution in [0.25, 0.3) is 107 Å². The highest BCUT2D eigenvalue weighted by Gasteiger charge is 2.26. The second kappa shape index (κ2) is 16.4. The number of rotatable bonds is 8. The summed E-state index contributed by atoms with van der Waals surface area (Å²) in [5.74, 6) is 2.80. The van der Waals surface area contributed by atoms with Gasteiger partial charge in [-0.1, -0.05) is 140 Å².